The maximum absolute atomic E-state index is 10.6. The van der Waals surface area contributed by atoms with Crippen molar-refractivity contribution in [1.82, 2.24) is 0 Å². The van der Waals surface area contributed by atoms with Gasteiger partial charge in [-0.15, -0.1) is 5.54 Å². The minimum Gasteiger partial charge on any atom is -0.651 e. The number of nitro groups is 1. The highest BCUT2D eigenvalue weighted by atomic mass is 16.6. The highest BCUT2D eigenvalue weighted by molar-refractivity contribution is 5.03. The molecule has 0 aliphatic carbocycles. The molecular formula is C8H17N2O4-. The average Bonchev–Trinajstić information content (AvgIpc) is 2.04. The van der Waals surface area contributed by atoms with Crippen molar-refractivity contribution in [3.63, 3.8) is 0 Å². The summed E-state index contributed by atoms with van der Waals surface area (Å²) in [5.74, 6) is 0. The van der Waals surface area contributed by atoms with Crippen molar-refractivity contribution in [1.29, 1.82) is 0 Å². The summed E-state index contributed by atoms with van der Waals surface area (Å²) in [6.45, 7) is 3.79. The Bertz CT molecular complexity index is 196. The van der Waals surface area contributed by atoms with Crippen LogP contribution < -0.4 is 0 Å². The summed E-state index contributed by atoms with van der Waals surface area (Å²) >= 11 is 0. The highest BCUT2D eigenvalue weighted by Gasteiger charge is 2.38. The molecule has 0 heterocycles. The molecule has 6 heteroatoms. The van der Waals surface area contributed by atoms with Gasteiger partial charge in [-0.1, -0.05) is 27.3 Å². The van der Waals surface area contributed by atoms with Gasteiger partial charge in [0.25, 0.3) is 0 Å². The maximum Gasteiger partial charge on any atom is 0.249 e. The predicted molar refractivity (Wildman–Crippen MR) is 51.9 cm³/mol. The lowest BCUT2D eigenvalue weighted by Crippen LogP contribution is -2.49. The van der Waals surface area contributed by atoms with Crippen molar-refractivity contribution in [2.75, 3.05) is 19.8 Å². The van der Waals surface area contributed by atoms with Gasteiger partial charge in [0.15, 0.2) is 0 Å². The van der Waals surface area contributed by atoms with Gasteiger partial charge in [0.05, 0.1) is 0 Å². The number of aliphatic hydroxyl groups excluding tert-OH is 2. The Hall–Kier alpha value is -0.720. The molecule has 14 heavy (non-hydrogen) atoms. The standard InChI is InChI=1S/C8H17N2O4/c1-7(2,3)9-4-8(5-11,6-12)10(13)14/h11-12H,4-6H2,1-3H3/q-1. The molecule has 0 unspecified atom stereocenters. The van der Waals surface area contributed by atoms with Crippen LogP contribution in [0.1, 0.15) is 20.8 Å². The summed E-state index contributed by atoms with van der Waals surface area (Å²) in [5, 5.41) is 32.4. The van der Waals surface area contributed by atoms with Crippen LogP contribution >= 0.6 is 0 Å². The van der Waals surface area contributed by atoms with Crippen molar-refractivity contribution < 1.29 is 15.1 Å². The zero-order valence-corrected chi connectivity index (χ0v) is 8.73. The van der Waals surface area contributed by atoms with Gasteiger partial charge >= 0.3 is 0 Å². The minimum atomic E-state index is -1.74. The Morgan fingerprint density at radius 1 is 1.29 bits per heavy atom. The van der Waals surface area contributed by atoms with E-state index in [1.54, 1.807) is 20.8 Å². The lowest BCUT2D eigenvalue weighted by Gasteiger charge is -2.40. The van der Waals surface area contributed by atoms with E-state index in [1.807, 2.05) is 0 Å². The molecule has 0 aromatic rings. The minimum absolute atomic E-state index is 0.184. The topological polar surface area (TPSA) is 97.7 Å². The molecule has 0 saturated carbocycles. The molecule has 6 nitrogen and oxygen atoms in total. The second kappa shape index (κ2) is 4.68. The maximum atomic E-state index is 10.6. The van der Waals surface area contributed by atoms with E-state index < -0.39 is 29.2 Å². The first-order valence-corrected chi connectivity index (χ1v) is 4.32. The number of nitrogens with zero attached hydrogens (tertiary/aromatic N) is 2. The van der Waals surface area contributed by atoms with Gasteiger partial charge in [0.2, 0.25) is 5.54 Å². The molecule has 0 saturated heterocycles. The van der Waals surface area contributed by atoms with E-state index in [-0.39, 0.29) is 6.54 Å². The molecule has 0 aliphatic rings. The third-order valence-corrected chi connectivity index (χ3v) is 1.82. The molecule has 0 aromatic carbocycles. The Balaban J connectivity index is 4.45. The lowest BCUT2D eigenvalue weighted by molar-refractivity contribution is -0.572. The first-order valence-electron chi connectivity index (χ1n) is 4.32. The van der Waals surface area contributed by atoms with E-state index in [1.165, 1.54) is 0 Å². The van der Waals surface area contributed by atoms with Crippen LogP contribution in [-0.2, 0) is 0 Å². The summed E-state index contributed by atoms with van der Waals surface area (Å²) in [7, 11) is 0. The Morgan fingerprint density at radius 2 is 1.71 bits per heavy atom. The molecule has 0 spiro atoms. The predicted octanol–water partition coefficient (Wildman–Crippen LogP) is 0.159. The van der Waals surface area contributed by atoms with E-state index in [9.17, 15) is 10.1 Å². The van der Waals surface area contributed by atoms with Crippen LogP contribution in [0.5, 0.6) is 0 Å². The second-order valence-electron chi connectivity index (χ2n) is 4.28. The van der Waals surface area contributed by atoms with Gasteiger partial charge in [-0.25, -0.2) is 0 Å². The summed E-state index contributed by atoms with van der Waals surface area (Å²) in [5.41, 5.74) is -2.15. The molecule has 0 rings (SSSR count). The number of hydrogen-bond donors (Lipinski definition) is 2. The van der Waals surface area contributed by atoms with Gasteiger partial charge < -0.3 is 15.5 Å². The molecule has 0 fully saturated rings. The van der Waals surface area contributed by atoms with Gasteiger partial charge in [-0.2, -0.15) is 0 Å². The largest absolute Gasteiger partial charge is 0.651 e. The van der Waals surface area contributed by atoms with Crippen molar-refractivity contribution in [2.45, 2.75) is 31.8 Å². The zero-order valence-electron chi connectivity index (χ0n) is 8.73. The van der Waals surface area contributed by atoms with Crippen LogP contribution in [-0.4, -0.2) is 46.0 Å². The number of rotatable bonds is 5. The molecule has 0 atom stereocenters. The van der Waals surface area contributed by atoms with Crippen molar-refractivity contribution >= 4 is 0 Å². The number of hydrogen-bond acceptors (Lipinski definition) is 4. The van der Waals surface area contributed by atoms with E-state index in [2.05, 4.69) is 5.32 Å². The zero-order chi connectivity index (χ0) is 11.4. The van der Waals surface area contributed by atoms with Crippen LogP contribution in [0, 0.1) is 10.1 Å². The summed E-state index contributed by atoms with van der Waals surface area (Å²) in [4.78, 5) is 9.95. The fourth-order valence-corrected chi connectivity index (χ4v) is 0.708. The third kappa shape index (κ3) is 3.57. The first kappa shape index (κ1) is 13.3. The van der Waals surface area contributed by atoms with Crippen molar-refractivity contribution in [3.05, 3.63) is 15.4 Å². The van der Waals surface area contributed by atoms with Crippen LogP contribution in [0.25, 0.3) is 5.32 Å². The Morgan fingerprint density at radius 3 is 1.93 bits per heavy atom. The second-order valence-corrected chi connectivity index (χ2v) is 4.28. The molecule has 2 N–H and O–H groups in total. The van der Waals surface area contributed by atoms with Crippen molar-refractivity contribution in [3.8, 4) is 0 Å². The smallest absolute Gasteiger partial charge is 0.249 e. The highest BCUT2D eigenvalue weighted by Crippen LogP contribution is 2.20. The van der Waals surface area contributed by atoms with E-state index in [0.717, 1.165) is 0 Å². The first-order chi connectivity index (χ1) is 6.27. The molecular weight excluding hydrogens is 188 g/mol. The van der Waals surface area contributed by atoms with Crippen LogP contribution in [0.3, 0.4) is 0 Å². The fraction of sp³-hybridized carbons (Fsp3) is 1.00. The van der Waals surface area contributed by atoms with Gasteiger partial charge in [-0.05, 0) is 0 Å². The molecule has 0 aliphatic heterocycles. The SMILES string of the molecule is CC(C)(C)[N-]CC(CO)(CO)[N+](=O)[O-]. The quantitative estimate of drug-likeness (QED) is 0.493. The Kier molecular flexibility index (Phi) is 4.44. The summed E-state index contributed by atoms with van der Waals surface area (Å²) in [6, 6.07) is 0. The normalized spacial score (nSPS) is 12.9. The fourth-order valence-electron chi connectivity index (χ4n) is 0.708. The Labute approximate surface area is 83.1 Å². The van der Waals surface area contributed by atoms with Gasteiger partial charge in [0.1, 0.15) is 13.2 Å². The monoisotopic (exact) mass is 205 g/mol. The third-order valence-electron chi connectivity index (χ3n) is 1.82. The van der Waals surface area contributed by atoms with E-state index in [0.29, 0.717) is 0 Å². The molecule has 0 radical (unpaired) electrons. The van der Waals surface area contributed by atoms with E-state index in [4.69, 9.17) is 10.2 Å². The van der Waals surface area contributed by atoms with Crippen LogP contribution in [0.4, 0.5) is 0 Å². The molecule has 0 aromatic heterocycles. The summed E-state index contributed by atoms with van der Waals surface area (Å²) in [6.07, 6.45) is 0. The summed E-state index contributed by atoms with van der Waals surface area (Å²) < 4.78 is 0. The molecule has 84 valence electrons. The average molecular weight is 205 g/mol. The van der Waals surface area contributed by atoms with Gasteiger partial charge in [0, 0.05) is 4.92 Å². The van der Waals surface area contributed by atoms with Gasteiger partial charge in [-0.3, -0.25) is 10.1 Å². The molecule has 0 amide bonds. The van der Waals surface area contributed by atoms with E-state index >= 15 is 0 Å². The lowest BCUT2D eigenvalue weighted by atomic mass is 10.0. The molecule has 0 bridgehead atoms. The number of aliphatic hydroxyl groups is 2. The van der Waals surface area contributed by atoms with Crippen LogP contribution in [0.15, 0.2) is 0 Å². The van der Waals surface area contributed by atoms with Crippen LogP contribution in [0.2, 0.25) is 0 Å². The van der Waals surface area contributed by atoms with Crippen molar-refractivity contribution in [2.24, 2.45) is 0 Å².